The van der Waals surface area contributed by atoms with Crippen molar-refractivity contribution in [2.24, 2.45) is 7.05 Å². The average Bonchev–Trinajstić information content (AvgIpc) is 2.59. The first-order valence-electron chi connectivity index (χ1n) is 6.91. The van der Waals surface area contributed by atoms with Crippen molar-refractivity contribution >= 4 is 17.5 Å². The number of nitrogens with one attached hydrogen (secondary N) is 1. The van der Waals surface area contributed by atoms with E-state index in [2.05, 4.69) is 5.32 Å². The van der Waals surface area contributed by atoms with Crippen LogP contribution in [0.15, 0.2) is 23.1 Å². The van der Waals surface area contributed by atoms with E-state index in [-0.39, 0.29) is 17.8 Å². The van der Waals surface area contributed by atoms with Crippen LogP contribution in [0.25, 0.3) is 0 Å². The molecule has 1 aromatic heterocycles. The summed E-state index contributed by atoms with van der Waals surface area (Å²) in [5.74, 6) is -0.871. The minimum atomic E-state index is -1.04. The average molecular weight is 293 g/mol. The first-order valence-corrected chi connectivity index (χ1v) is 6.91. The molecule has 2 heterocycles. The van der Waals surface area contributed by atoms with E-state index >= 15 is 0 Å². The summed E-state index contributed by atoms with van der Waals surface area (Å²) in [5.41, 5.74) is -0.138. The molecule has 1 aliphatic rings. The van der Waals surface area contributed by atoms with Crippen LogP contribution in [0.3, 0.4) is 0 Å². The largest absolute Gasteiger partial charge is 0.383 e. The lowest BCUT2D eigenvalue weighted by Crippen LogP contribution is -2.42. The molecular weight excluding hydrogens is 274 g/mol. The van der Waals surface area contributed by atoms with E-state index in [1.807, 2.05) is 0 Å². The van der Waals surface area contributed by atoms with E-state index < -0.39 is 17.9 Å². The van der Waals surface area contributed by atoms with Gasteiger partial charge in [0.25, 0.3) is 11.5 Å². The number of pyridine rings is 1. The van der Waals surface area contributed by atoms with Gasteiger partial charge in [-0.15, -0.1) is 0 Å². The van der Waals surface area contributed by atoms with Gasteiger partial charge >= 0.3 is 0 Å². The molecule has 0 aliphatic carbocycles. The van der Waals surface area contributed by atoms with E-state index in [4.69, 9.17) is 0 Å². The minimum Gasteiger partial charge on any atom is -0.383 e. The van der Waals surface area contributed by atoms with Gasteiger partial charge in [0.1, 0.15) is 11.8 Å². The molecule has 1 saturated heterocycles. The van der Waals surface area contributed by atoms with Crippen LogP contribution in [-0.2, 0) is 16.6 Å². The zero-order valence-electron chi connectivity index (χ0n) is 11.9. The molecule has 21 heavy (non-hydrogen) atoms. The highest BCUT2D eigenvalue weighted by atomic mass is 16.3. The van der Waals surface area contributed by atoms with Crippen LogP contribution in [0.4, 0.5) is 5.69 Å². The predicted molar refractivity (Wildman–Crippen MR) is 76.8 cm³/mol. The van der Waals surface area contributed by atoms with Gasteiger partial charge < -0.3 is 19.9 Å². The van der Waals surface area contributed by atoms with Gasteiger partial charge in [0, 0.05) is 19.8 Å². The molecule has 114 valence electrons. The van der Waals surface area contributed by atoms with E-state index in [1.165, 1.54) is 15.5 Å². The summed E-state index contributed by atoms with van der Waals surface area (Å²) in [6, 6.07) is 3.16. The predicted octanol–water partition coefficient (Wildman–Crippen LogP) is -0.303. The second-order valence-electron chi connectivity index (χ2n) is 5.16. The molecule has 2 rings (SSSR count). The fourth-order valence-corrected chi connectivity index (χ4v) is 2.30. The number of rotatable bonds is 3. The third-order valence-corrected chi connectivity index (χ3v) is 3.48. The lowest BCUT2D eigenvalue weighted by molar-refractivity contribution is -0.141. The molecular formula is C14H19N3O4. The molecule has 0 bridgehead atoms. The van der Waals surface area contributed by atoms with Crippen molar-refractivity contribution < 1.29 is 14.7 Å². The van der Waals surface area contributed by atoms with Crippen molar-refractivity contribution in [3.8, 4) is 0 Å². The van der Waals surface area contributed by atoms with Crippen LogP contribution < -0.4 is 10.9 Å². The van der Waals surface area contributed by atoms with Gasteiger partial charge in [-0.1, -0.05) is 0 Å². The Morgan fingerprint density at radius 3 is 2.95 bits per heavy atom. The number of nitrogens with zero attached hydrogens (tertiary/aromatic N) is 2. The Morgan fingerprint density at radius 1 is 1.43 bits per heavy atom. The molecule has 7 heteroatoms. The molecule has 0 aromatic carbocycles. The van der Waals surface area contributed by atoms with Crippen LogP contribution in [0, 0.1) is 0 Å². The summed E-state index contributed by atoms with van der Waals surface area (Å²) in [6.07, 6.45) is 2.49. The third kappa shape index (κ3) is 3.69. The number of anilines is 1. The van der Waals surface area contributed by atoms with Crippen LogP contribution >= 0.6 is 0 Å². The van der Waals surface area contributed by atoms with Gasteiger partial charge in [-0.3, -0.25) is 14.4 Å². The number of hydrogen-bond acceptors (Lipinski definition) is 4. The zero-order chi connectivity index (χ0) is 15.4. The van der Waals surface area contributed by atoms with E-state index in [1.54, 1.807) is 19.3 Å². The third-order valence-electron chi connectivity index (χ3n) is 3.48. The van der Waals surface area contributed by atoms with Gasteiger partial charge in [0.2, 0.25) is 5.91 Å². The van der Waals surface area contributed by atoms with Crippen molar-refractivity contribution in [2.75, 3.05) is 18.4 Å². The molecule has 0 saturated carbocycles. The molecule has 1 aromatic rings. The van der Waals surface area contributed by atoms with Crippen LogP contribution in [-0.4, -0.2) is 45.6 Å². The van der Waals surface area contributed by atoms with Gasteiger partial charge in [-0.25, -0.2) is 0 Å². The van der Waals surface area contributed by atoms with E-state index in [0.29, 0.717) is 13.0 Å². The highest BCUT2D eigenvalue weighted by Gasteiger charge is 2.26. The molecule has 1 aliphatic heterocycles. The summed E-state index contributed by atoms with van der Waals surface area (Å²) >= 11 is 0. The summed E-state index contributed by atoms with van der Waals surface area (Å²) in [4.78, 5) is 37.0. The number of aryl methyl sites for hydroxylation is 1. The van der Waals surface area contributed by atoms with Crippen molar-refractivity contribution in [3.05, 3.63) is 28.7 Å². The molecule has 1 fully saturated rings. The molecule has 0 spiro atoms. The first-order chi connectivity index (χ1) is 9.99. The topological polar surface area (TPSA) is 91.6 Å². The number of hydrogen-bond donors (Lipinski definition) is 2. The molecule has 0 radical (unpaired) electrons. The number of amides is 2. The quantitative estimate of drug-likeness (QED) is 0.800. The Labute approximate surface area is 122 Å². The zero-order valence-corrected chi connectivity index (χ0v) is 11.9. The highest BCUT2D eigenvalue weighted by Crippen LogP contribution is 2.12. The lowest BCUT2D eigenvalue weighted by atomic mass is 10.2. The van der Waals surface area contributed by atoms with Gasteiger partial charge in [-0.05, 0) is 31.4 Å². The van der Waals surface area contributed by atoms with Gasteiger partial charge in [-0.2, -0.15) is 0 Å². The summed E-state index contributed by atoms with van der Waals surface area (Å²) < 4.78 is 1.36. The summed E-state index contributed by atoms with van der Waals surface area (Å²) in [5, 5.41) is 12.1. The Morgan fingerprint density at radius 2 is 2.19 bits per heavy atom. The smallest absolute Gasteiger partial charge is 0.274 e. The van der Waals surface area contributed by atoms with Crippen molar-refractivity contribution in [1.29, 1.82) is 0 Å². The Bertz CT molecular complexity index is 596. The van der Waals surface area contributed by atoms with Crippen molar-refractivity contribution in [1.82, 2.24) is 9.47 Å². The highest BCUT2D eigenvalue weighted by molar-refractivity contribution is 5.95. The van der Waals surface area contributed by atoms with E-state index in [9.17, 15) is 19.5 Å². The number of aromatic nitrogens is 1. The SMILES string of the molecule is Cn1cccc(NC(=O)CN2CCCCC(O)C2=O)c1=O. The van der Waals surface area contributed by atoms with E-state index in [0.717, 1.165) is 12.8 Å². The lowest BCUT2D eigenvalue weighted by Gasteiger charge is -2.21. The maximum atomic E-state index is 12.0. The standard InChI is InChI=1S/C14H19N3O4/c1-16-7-4-5-10(13(16)20)15-12(19)9-17-8-3-2-6-11(18)14(17)21/h4-5,7,11,18H,2-3,6,8-9H2,1H3,(H,15,19). The van der Waals surface area contributed by atoms with Crippen LogP contribution in [0.1, 0.15) is 19.3 Å². The number of carbonyl (C=O) groups excluding carboxylic acids is 2. The Kier molecular flexibility index (Phi) is 4.74. The van der Waals surface area contributed by atoms with Crippen LogP contribution in [0.2, 0.25) is 0 Å². The second kappa shape index (κ2) is 6.53. The molecule has 7 nitrogen and oxygen atoms in total. The monoisotopic (exact) mass is 293 g/mol. The van der Waals surface area contributed by atoms with Gasteiger partial charge in [0.05, 0.1) is 6.54 Å². The van der Waals surface area contributed by atoms with Crippen molar-refractivity contribution in [3.63, 3.8) is 0 Å². The van der Waals surface area contributed by atoms with Crippen molar-refractivity contribution in [2.45, 2.75) is 25.4 Å². The Balaban J connectivity index is 2.02. The number of aliphatic hydroxyl groups excluding tert-OH is 1. The number of carbonyl (C=O) groups is 2. The fourth-order valence-electron chi connectivity index (χ4n) is 2.30. The van der Waals surface area contributed by atoms with Crippen LogP contribution in [0.5, 0.6) is 0 Å². The molecule has 2 N–H and O–H groups in total. The number of aliphatic hydroxyl groups is 1. The Hall–Kier alpha value is -2.15. The minimum absolute atomic E-state index is 0.159. The maximum absolute atomic E-state index is 12.0. The van der Waals surface area contributed by atoms with Gasteiger partial charge in [0.15, 0.2) is 0 Å². The summed E-state index contributed by atoms with van der Waals surface area (Å²) in [6.45, 7) is 0.282. The molecule has 1 atom stereocenters. The summed E-state index contributed by atoms with van der Waals surface area (Å²) in [7, 11) is 1.59. The number of likely N-dealkylation sites (tertiary alicyclic amines) is 1. The molecule has 2 amide bonds. The fraction of sp³-hybridized carbons (Fsp3) is 0.500. The normalized spacial score (nSPS) is 19.2. The molecule has 1 unspecified atom stereocenters. The first kappa shape index (κ1) is 15.2. The maximum Gasteiger partial charge on any atom is 0.274 e. The second-order valence-corrected chi connectivity index (χ2v) is 5.16.